The normalized spacial score (nSPS) is 15.3. The Morgan fingerprint density at radius 1 is 0.925 bits per heavy atom. The summed E-state index contributed by atoms with van der Waals surface area (Å²) in [5.74, 6) is -0.915. The van der Waals surface area contributed by atoms with E-state index >= 15 is 0 Å². The van der Waals surface area contributed by atoms with Crippen LogP contribution < -0.4 is 9.04 Å². The topological polar surface area (TPSA) is 96.8 Å². The smallest absolute Gasteiger partial charge is 0.416 e. The molecule has 2 heterocycles. The number of hydrogen-bond donors (Lipinski definition) is 1. The molecule has 11 heteroatoms. The third kappa shape index (κ3) is 5.64. The van der Waals surface area contributed by atoms with Crippen LogP contribution in [0.25, 0.3) is 22.5 Å². The number of aliphatic carboxylic acids is 1. The van der Waals surface area contributed by atoms with Crippen LogP contribution in [0.4, 0.5) is 18.9 Å². The van der Waals surface area contributed by atoms with Crippen LogP contribution in [-0.2, 0) is 21.0 Å². The van der Waals surface area contributed by atoms with E-state index in [0.717, 1.165) is 28.1 Å². The van der Waals surface area contributed by atoms with Crippen molar-refractivity contribution in [2.24, 2.45) is 0 Å². The summed E-state index contributed by atoms with van der Waals surface area (Å²) >= 11 is 0. The van der Waals surface area contributed by atoms with Crippen molar-refractivity contribution in [3.63, 3.8) is 0 Å². The monoisotopic (exact) mass is 568 g/mol. The van der Waals surface area contributed by atoms with E-state index in [9.17, 15) is 26.4 Å². The predicted octanol–water partition coefficient (Wildman–Crippen LogP) is 6.26. The van der Waals surface area contributed by atoms with Gasteiger partial charge in [-0.25, -0.2) is 13.4 Å². The number of carbonyl (C=O) groups is 1. The summed E-state index contributed by atoms with van der Waals surface area (Å²) in [6.45, 7) is -0.278. The fourth-order valence-corrected chi connectivity index (χ4v) is 6.00. The number of sulfonamides is 1. The number of alkyl halides is 3. The summed E-state index contributed by atoms with van der Waals surface area (Å²) in [5, 5.41) is 9.12. The first kappa shape index (κ1) is 27.2. The number of rotatable bonds is 7. The lowest BCUT2D eigenvalue weighted by Gasteiger charge is -2.35. The van der Waals surface area contributed by atoms with Crippen LogP contribution >= 0.6 is 0 Å². The van der Waals surface area contributed by atoms with Crippen molar-refractivity contribution in [2.45, 2.75) is 30.0 Å². The van der Waals surface area contributed by atoms with Crippen molar-refractivity contribution in [1.82, 2.24) is 4.98 Å². The minimum Gasteiger partial charge on any atom is -0.486 e. The van der Waals surface area contributed by atoms with Crippen LogP contribution in [0.3, 0.4) is 0 Å². The van der Waals surface area contributed by atoms with E-state index < -0.39 is 38.7 Å². The molecular formula is C29H23F3N2O5S. The number of benzene rings is 3. The molecule has 7 nitrogen and oxygen atoms in total. The molecule has 0 aliphatic carbocycles. The predicted molar refractivity (Wildman–Crippen MR) is 142 cm³/mol. The zero-order valence-corrected chi connectivity index (χ0v) is 21.7. The lowest BCUT2D eigenvalue weighted by Crippen LogP contribution is -2.43. The molecule has 0 bridgehead atoms. The van der Waals surface area contributed by atoms with Crippen LogP contribution in [0.2, 0.25) is 0 Å². The van der Waals surface area contributed by atoms with E-state index in [-0.39, 0.29) is 30.8 Å². The van der Waals surface area contributed by atoms with Gasteiger partial charge in [-0.1, -0.05) is 42.5 Å². The molecule has 206 valence electrons. The maximum Gasteiger partial charge on any atom is 0.416 e. The number of anilines is 1. The molecule has 1 aliphatic heterocycles. The van der Waals surface area contributed by atoms with Crippen molar-refractivity contribution in [3.05, 3.63) is 96.6 Å². The minimum absolute atomic E-state index is 0.00577. The number of hydrogen-bond acceptors (Lipinski definition) is 5. The molecule has 5 rings (SSSR count). The van der Waals surface area contributed by atoms with E-state index in [0.29, 0.717) is 23.0 Å². The van der Waals surface area contributed by atoms with Gasteiger partial charge >= 0.3 is 12.1 Å². The van der Waals surface area contributed by atoms with Crippen molar-refractivity contribution in [3.8, 4) is 28.3 Å². The Bertz CT molecular complexity index is 1660. The molecule has 1 N–H and O–H groups in total. The summed E-state index contributed by atoms with van der Waals surface area (Å²) in [4.78, 5) is 15.3. The van der Waals surface area contributed by atoms with Gasteiger partial charge in [0, 0.05) is 17.5 Å². The molecule has 0 saturated heterocycles. The maximum atomic E-state index is 13.8. The molecule has 0 amide bonds. The number of nitrogens with zero attached hydrogens (tertiary/aromatic N) is 2. The number of aromatic nitrogens is 1. The molecule has 0 unspecified atom stereocenters. The van der Waals surface area contributed by atoms with Gasteiger partial charge in [0.2, 0.25) is 0 Å². The Balaban J connectivity index is 1.58. The quantitative estimate of drug-likeness (QED) is 0.283. The fraction of sp³-hybridized carbons (Fsp3) is 0.172. The molecule has 40 heavy (non-hydrogen) atoms. The Morgan fingerprint density at radius 3 is 2.33 bits per heavy atom. The Kier molecular flexibility index (Phi) is 7.24. The van der Waals surface area contributed by atoms with Crippen LogP contribution in [0.15, 0.2) is 95.9 Å². The first-order chi connectivity index (χ1) is 19.0. The minimum atomic E-state index is -4.74. The first-order valence-corrected chi connectivity index (χ1v) is 13.7. The summed E-state index contributed by atoms with van der Waals surface area (Å²) in [5.41, 5.74) is 1.73. The van der Waals surface area contributed by atoms with E-state index in [1.165, 1.54) is 0 Å². The van der Waals surface area contributed by atoms with Gasteiger partial charge in [-0.3, -0.25) is 9.10 Å². The molecular weight excluding hydrogens is 545 g/mol. The molecule has 4 aromatic rings. The Morgan fingerprint density at radius 2 is 1.62 bits per heavy atom. The lowest BCUT2D eigenvalue weighted by atomic mass is 10.1. The van der Waals surface area contributed by atoms with E-state index in [1.54, 1.807) is 24.3 Å². The molecule has 0 spiro atoms. The van der Waals surface area contributed by atoms with Gasteiger partial charge < -0.3 is 9.84 Å². The SMILES string of the molecule is O=C(O)CC[C@H]1CN(S(=O)(=O)c2cccc(C(F)(F)F)c2)c2cc(-c3cccc(-c4ccccc4)n3)ccc2O1. The van der Waals surface area contributed by atoms with E-state index in [1.807, 2.05) is 42.5 Å². The maximum absolute atomic E-state index is 13.8. The largest absolute Gasteiger partial charge is 0.486 e. The van der Waals surface area contributed by atoms with Crippen molar-refractivity contribution < 1.29 is 36.2 Å². The van der Waals surface area contributed by atoms with E-state index in [2.05, 4.69) is 0 Å². The second-order valence-electron chi connectivity index (χ2n) is 9.19. The number of ether oxygens (including phenoxy) is 1. The molecule has 0 saturated carbocycles. The van der Waals surface area contributed by atoms with Gasteiger partial charge in [0.05, 0.1) is 34.1 Å². The van der Waals surface area contributed by atoms with Gasteiger partial charge in [-0.05, 0) is 55.0 Å². The summed E-state index contributed by atoms with van der Waals surface area (Å²) in [6.07, 6.45) is -5.83. The van der Waals surface area contributed by atoms with Gasteiger partial charge in [-0.2, -0.15) is 13.2 Å². The molecule has 3 aromatic carbocycles. The molecule has 0 radical (unpaired) electrons. The zero-order valence-electron chi connectivity index (χ0n) is 20.9. The lowest BCUT2D eigenvalue weighted by molar-refractivity contribution is -0.138. The second kappa shape index (κ2) is 10.6. The number of fused-ring (bicyclic) bond motifs is 1. The van der Waals surface area contributed by atoms with Gasteiger partial charge in [0.25, 0.3) is 10.0 Å². The molecule has 1 atom stereocenters. The Labute approximate surface area is 228 Å². The average Bonchev–Trinajstić information content (AvgIpc) is 2.95. The summed E-state index contributed by atoms with van der Waals surface area (Å²) < 4.78 is 74.6. The van der Waals surface area contributed by atoms with Crippen molar-refractivity contribution in [1.29, 1.82) is 0 Å². The van der Waals surface area contributed by atoms with Crippen molar-refractivity contribution >= 4 is 21.7 Å². The summed E-state index contributed by atoms with van der Waals surface area (Å²) in [7, 11) is -4.49. The van der Waals surface area contributed by atoms with E-state index in [4.69, 9.17) is 14.8 Å². The van der Waals surface area contributed by atoms with Gasteiger partial charge in [0.15, 0.2) is 0 Å². The highest BCUT2D eigenvalue weighted by atomic mass is 32.2. The average molecular weight is 569 g/mol. The van der Waals surface area contributed by atoms with Gasteiger partial charge in [0.1, 0.15) is 11.9 Å². The Hall–Kier alpha value is -4.38. The van der Waals surface area contributed by atoms with Crippen LogP contribution in [0, 0.1) is 0 Å². The highest BCUT2D eigenvalue weighted by molar-refractivity contribution is 7.92. The third-order valence-corrected chi connectivity index (χ3v) is 8.21. The van der Waals surface area contributed by atoms with Gasteiger partial charge in [-0.15, -0.1) is 0 Å². The second-order valence-corrected chi connectivity index (χ2v) is 11.1. The van der Waals surface area contributed by atoms with Crippen molar-refractivity contribution in [2.75, 3.05) is 10.8 Å². The van der Waals surface area contributed by atoms with Crippen LogP contribution in [-0.4, -0.2) is 37.1 Å². The summed E-state index contributed by atoms with van der Waals surface area (Å²) in [6, 6.07) is 23.2. The number of halogens is 3. The van der Waals surface area contributed by atoms with Crippen LogP contribution in [0.1, 0.15) is 18.4 Å². The highest BCUT2D eigenvalue weighted by Gasteiger charge is 2.37. The standard InChI is InChI=1S/C29H23F3N2O5S/c30-29(31,32)21-8-4-9-23(17-21)40(37,38)34-18-22(13-15-28(35)36)39-27-14-12-20(16-26(27)34)25-11-5-10-24(33-25)19-6-2-1-3-7-19/h1-12,14,16-17,22H,13,15,18H2,(H,35,36)/t22-/m0/s1. The first-order valence-electron chi connectivity index (χ1n) is 12.3. The zero-order chi connectivity index (χ0) is 28.5. The number of carboxylic acid groups (broad SMARTS) is 1. The number of pyridine rings is 1. The highest BCUT2D eigenvalue weighted by Crippen LogP contribution is 2.41. The fourth-order valence-electron chi connectivity index (χ4n) is 4.46. The molecule has 1 aliphatic rings. The number of carboxylic acids is 1. The molecule has 0 fully saturated rings. The molecule has 1 aromatic heterocycles. The van der Waals surface area contributed by atoms with Crippen LogP contribution in [0.5, 0.6) is 5.75 Å². The third-order valence-electron chi connectivity index (χ3n) is 6.43.